The molecule has 2 aromatic carbocycles. The Morgan fingerprint density at radius 3 is 2.35 bits per heavy atom. The van der Waals surface area contributed by atoms with Crippen LogP contribution in [0.3, 0.4) is 0 Å². The second-order valence-corrected chi connectivity index (χ2v) is 7.62. The Bertz CT molecular complexity index is 808. The number of rotatable bonds is 8. The highest BCUT2D eigenvalue weighted by Crippen LogP contribution is 2.27. The molecule has 2 aromatic rings. The van der Waals surface area contributed by atoms with Gasteiger partial charge in [-0.25, -0.2) is 0 Å². The van der Waals surface area contributed by atoms with Crippen molar-refractivity contribution in [1.29, 1.82) is 0 Å². The van der Waals surface area contributed by atoms with Gasteiger partial charge in [0.05, 0.1) is 14.2 Å². The highest BCUT2D eigenvalue weighted by molar-refractivity contribution is 14.0. The molecular weight excluding hydrogens is 503 g/mol. The number of benzene rings is 2. The van der Waals surface area contributed by atoms with Crippen LogP contribution in [-0.4, -0.2) is 57.8 Å². The number of guanidine groups is 1. The largest absolute Gasteiger partial charge is 0.493 e. The Morgan fingerprint density at radius 1 is 1.00 bits per heavy atom. The first-order valence-corrected chi connectivity index (χ1v) is 10.7. The van der Waals surface area contributed by atoms with E-state index < -0.39 is 0 Å². The molecule has 3 rings (SSSR count). The molecule has 0 unspecified atom stereocenters. The van der Waals surface area contributed by atoms with Gasteiger partial charge in [-0.1, -0.05) is 36.4 Å². The first kappa shape index (κ1) is 25.3. The molecule has 0 spiro atoms. The van der Waals surface area contributed by atoms with Crippen molar-refractivity contribution in [2.45, 2.75) is 31.8 Å². The van der Waals surface area contributed by atoms with Crippen LogP contribution in [-0.2, 0) is 13.0 Å². The summed E-state index contributed by atoms with van der Waals surface area (Å²) >= 11 is 0. The van der Waals surface area contributed by atoms with E-state index in [1.807, 2.05) is 19.2 Å². The number of ether oxygens (including phenoxy) is 2. The van der Waals surface area contributed by atoms with Gasteiger partial charge in [-0.2, -0.15) is 0 Å². The van der Waals surface area contributed by atoms with Crippen molar-refractivity contribution < 1.29 is 9.47 Å². The fourth-order valence-corrected chi connectivity index (χ4v) is 3.83. The van der Waals surface area contributed by atoms with Crippen molar-refractivity contribution in [1.82, 2.24) is 15.5 Å². The Hall–Kier alpha value is -2.00. The molecule has 170 valence electrons. The average molecular weight is 538 g/mol. The number of methoxy groups -OCH3 is 2. The predicted molar refractivity (Wildman–Crippen MR) is 138 cm³/mol. The molecule has 0 bridgehead atoms. The smallest absolute Gasteiger partial charge is 0.191 e. The number of hydrogen-bond acceptors (Lipinski definition) is 4. The molecule has 0 saturated carbocycles. The normalized spacial score (nSPS) is 15.1. The van der Waals surface area contributed by atoms with Gasteiger partial charge >= 0.3 is 0 Å². The maximum atomic E-state index is 5.39. The molecule has 0 atom stereocenters. The summed E-state index contributed by atoms with van der Waals surface area (Å²) in [6, 6.07) is 17.2. The summed E-state index contributed by atoms with van der Waals surface area (Å²) in [6.07, 6.45) is 3.14. The van der Waals surface area contributed by atoms with Gasteiger partial charge < -0.3 is 20.1 Å². The first-order chi connectivity index (χ1) is 14.7. The zero-order valence-corrected chi connectivity index (χ0v) is 21.1. The van der Waals surface area contributed by atoms with Crippen LogP contribution < -0.4 is 20.1 Å². The topological polar surface area (TPSA) is 58.1 Å². The number of hydrogen-bond donors (Lipinski definition) is 2. The van der Waals surface area contributed by atoms with Crippen molar-refractivity contribution >= 4 is 29.9 Å². The second-order valence-electron chi connectivity index (χ2n) is 7.62. The summed E-state index contributed by atoms with van der Waals surface area (Å²) in [5.74, 6) is 2.39. The Morgan fingerprint density at radius 2 is 1.71 bits per heavy atom. The quantitative estimate of drug-likeness (QED) is 0.305. The molecule has 7 heteroatoms. The molecule has 1 aliphatic rings. The lowest BCUT2D eigenvalue weighted by Crippen LogP contribution is -2.48. The third-order valence-electron chi connectivity index (χ3n) is 5.56. The van der Waals surface area contributed by atoms with Crippen LogP contribution in [0.25, 0.3) is 0 Å². The lowest BCUT2D eigenvalue weighted by Gasteiger charge is -2.33. The summed E-state index contributed by atoms with van der Waals surface area (Å²) < 4.78 is 10.7. The fraction of sp³-hybridized carbons (Fsp3) is 0.458. The Labute approximate surface area is 203 Å². The minimum absolute atomic E-state index is 0. The van der Waals surface area contributed by atoms with Crippen molar-refractivity contribution in [3.05, 3.63) is 59.7 Å². The molecule has 0 amide bonds. The zero-order chi connectivity index (χ0) is 21.2. The third kappa shape index (κ3) is 7.88. The maximum Gasteiger partial charge on any atom is 0.191 e. The van der Waals surface area contributed by atoms with Gasteiger partial charge in [-0.15, -0.1) is 24.0 Å². The standard InChI is InChI=1S/C24H34N4O2.HI/c1-25-24(26-14-11-19-9-10-22(29-2)23(17-19)30-3)27-21-12-15-28(16-13-21)18-20-7-5-4-6-8-20;/h4-10,17,21H,11-16,18H2,1-3H3,(H2,25,26,27);1H. The highest BCUT2D eigenvalue weighted by Gasteiger charge is 2.20. The van der Waals surface area contributed by atoms with E-state index in [1.54, 1.807) is 14.2 Å². The van der Waals surface area contributed by atoms with Gasteiger partial charge in [0.15, 0.2) is 17.5 Å². The van der Waals surface area contributed by atoms with Crippen LogP contribution in [0.4, 0.5) is 0 Å². The van der Waals surface area contributed by atoms with Crippen molar-refractivity contribution in [2.75, 3.05) is 40.9 Å². The van der Waals surface area contributed by atoms with E-state index in [0.29, 0.717) is 6.04 Å². The molecule has 0 aliphatic carbocycles. The average Bonchev–Trinajstić information content (AvgIpc) is 2.80. The van der Waals surface area contributed by atoms with E-state index in [0.717, 1.165) is 62.9 Å². The minimum atomic E-state index is 0. The minimum Gasteiger partial charge on any atom is -0.493 e. The van der Waals surface area contributed by atoms with Crippen LogP contribution >= 0.6 is 24.0 Å². The number of likely N-dealkylation sites (tertiary alicyclic amines) is 1. The summed E-state index contributed by atoms with van der Waals surface area (Å²) in [5.41, 5.74) is 2.58. The summed E-state index contributed by atoms with van der Waals surface area (Å²) in [6.45, 7) is 4.05. The Kier molecular flexibility index (Phi) is 10.9. The molecule has 6 nitrogen and oxygen atoms in total. The molecule has 1 fully saturated rings. The summed E-state index contributed by atoms with van der Waals surface area (Å²) in [4.78, 5) is 6.93. The number of nitrogens with one attached hydrogen (secondary N) is 2. The van der Waals surface area contributed by atoms with E-state index in [4.69, 9.17) is 9.47 Å². The van der Waals surface area contributed by atoms with Crippen LogP contribution in [0.2, 0.25) is 0 Å². The summed E-state index contributed by atoms with van der Waals surface area (Å²) in [5, 5.41) is 7.02. The lowest BCUT2D eigenvalue weighted by atomic mass is 10.0. The maximum absolute atomic E-state index is 5.39. The van der Waals surface area contributed by atoms with Crippen molar-refractivity contribution in [3.8, 4) is 11.5 Å². The molecule has 31 heavy (non-hydrogen) atoms. The molecule has 0 radical (unpaired) electrons. The molecular formula is C24H35IN4O2. The van der Waals surface area contributed by atoms with Gasteiger partial charge in [0.25, 0.3) is 0 Å². The van der Waals surface area contributed by atoms with Gasteiger partial charge in [0, 0.05) is 39.3 Å². The van der Waals surface area contributed by atoms with Crippen molar-refractivity contribution in [3.63, 3.8) is 0 Å². The molecule has 1 aliphatic heterocycles. The molecule has 1 heterocycles. The van der Waals surface area contributed by atoms with Crippen LogP contribution in [0.15, 0.2) is 53.5 Å². The molecule has 2 N–H and O–H groups in total. The SMILES string of the molecule is CN=C(NCCc1ccc(OC)c(OC)c1)NC1CCN(Cc2ccccc2)CC1.I. The highest BCUT2D eigenvalue weighted by atomic mass is 127. The van der Waals surface area contributed by atoms with E-state index in [2.05, 4.69) is 56.9 Å². The number of aliphatic imine (C=N–C) groups is 1. The van der Waals surface area contributed by atoms with E-state index in [1.165, 1.54) is 11.1 Å². The number of halogens is 1. The predicted octanol–water partition coefficient (Wildman–Crippen LogP) is 3.69. The second kappa shape index (κ2) is 13.4. The van der Waals surface area contributed by atoms with Crippen LogP contribution in [0.5, 0.6) is 11.5 Å². The number of nitrogens with zero attached hydrogens (tertiary/aromatic N) is 2. The number of piperidine rings is 1. The van der Waals surface area contributed by atoms with Crippen LogP contribution in [0.1, 0.15) is 24.0 Å². The molecule has 1 saturated heterocycles. The monoisotopic (exact) mass is 538 g/mol. The van der Waals surface area contributed by atoms with Gasteiger partial charge in [-0.05, 0) is 42.5 Å². The third-order valence-corrected chi connectivity index (χ3v) is 5.56. The molecule has 0 aromatic heterocycles. The van der Waals surface area contributed by atoms with Crippen molar-refractivity contribution in [2.24, 2.45) is 4.99 Å². The van der Waals surface area contributed by atoms with Gasteiger partial charge in [0.2, 0.25) is 0 Å². The van der Waals surface area contributed by atoms with Gasteiger partial charge in [-0.3, -0.25) is 9.89 Å². The summed E-state index contributed by atoms with van der Waals surface area (Å²) in [7, 11) is 5.15. The van der Waals surface area contributed by atoms with E-state index >= 15 is 0 Å². The fourth-order valence-electron chi connectivity index (χ4n) is 3.83. The Balaban J connectivity index is 0.00000341. The zero-order valence-electron chi connectivity index (χ0n) is 18.8. The van der Waals surface area contributed by atoms with Gasteiger partial charge in [0.1, 0.15) is 0 Å². The van der Waals surface area contributed by atoms with E-state index in [-0.39, 0.29) is 24.0 Å². The van der Waals surface area contributed by atoms with Crippen LogP contribution in [0, 0.1) is 0 Å². The lowest BCUT2D eigenvalue weighted by molar-refractivity contribution is 0.198. The van der Waals surface area contributed by atoms with E-state index in [9.17, 15) is 0 Å². The first-order valence-electron chi connectivity index (χ1n) is 10.7.